The quantitative estimate of drug-likeness (QED) is 0.600. The summed E-state index contributed by atoms with van der Waals surface area (Å²) in [6.45, 7) is 3.93. The molecule has 0 aliphatic carbocycles. The summed E-state index contributed by atoms with van der Waals surface area (Å²) in [5, 5.41) is 0. The van der Waals surface area contributed by atoms with Crippen LogP contribution in [0.2, 0.25) is 0 Å². The lowest BCUT2D eigenvalue weighted by atomic mass is 10.2. The van der Waals surface area contributed by atoms with Crippen LogP contribution in [0.15, 0.2) is 42.6 Å². The molecule has 1 aromatic heterocycles. The van der Waals surface area contributed by atoms with Gasteiger partial charge in [0.2, 0.25) is 5.88 Å². The number of benzene rings is 1. The van der Waals surface area contributed by atoms with E-state index in [4.69, 9.17) is 14.2 Å². The molecule has 0 radical (unpaired) electrons. The molecule has 0 amide bonds. The van der Waals surface area contributed by atoms with Gasteiger partial charge in [0.05, 0.1) is 12.2 Å². The van der Waals surface area contributed by atoms with Gasteiger partial charge in [-0.15, -0.1) is 0 Å². The molecule has 2 rings (SSSR count). The third-order valence-electron chi connectivity index (χ3n) is 3.49. The van der Waals surface area contributed by atoms with Gasteiger partial charge in [0, 0.05) is 12.3 Å². The first-order valence-corrected chi connectivity index (χ1v) is 8.48. The van der Waals surface area contributed by atoms with Crippen molar-refractivity contribution in [1.82, 2.24) is 4.98 Å². The van der Waals surface area contributed by atoms with Crippen LogP contribution in [0.1, 0.15) is 32.3 Å². The van der Waals surface area contributed by atoms with E-state index >= 15 is 0 Å². The van der Waals surface area contributed by atoms with E-state index in [2.05, 4.69) is 4.98 Å². The predicted octanol–water partition coefficient (Wildman–Crippen LogP) is 5.00. The highest BCUT2D eigenvalue weighted by Crippen LogP contribution is 2.30. The highest BCUT2D eigenvalue weighted by molar-refractivity contribution is 5.75. The molecule has 0 saturated carbocycles. The summed E-state index contributed by atoms with van der Waals surface area (Å²) >= 11 is 0. The summed E-state index contributed by atoms with van der Waals surface area (Å²) in [6, 6.07) is 8.38. The van der Waals surface area contributed by atoms with E-state index in [9.17, 15) is 18.0 Å². The maximum Gasteiger partial charge on any atom is 0.417 e. The minimum atomic E-state index is -4.45. The third-order valence-corrected chi connectivity index (χ3v) is 3.49. The Labute approximate surface area is 155 Å². The van der Waals surface area contributed by atoms with E-state index in [0.29, 0.717) is 24.1 Å². The van der Waals surface area contributed by atoms with Crippen molar-refractivity contribution in [1.29, 1.82) is 0 Å². The van der Waals surface area contributed by atoms with E-state index in [1.807, 2.05) is 6.92 Å². The van der Waals surface area contributed by atoms with E-state index in [1.165, 1.54) is 0 Å². The molecule has 0 bridgehead atoms. The van der Waals surface area contributed by atoms with Gasteiger partial charge in [0.25, 0.3) is 0 Å². The van der Waals surface area contributed by atoms with Crippen molar-refractivity contribution in [2.75, 3.05) is 6.61 Å². The molecule has 0 N–H and O–H groups in total. The van der Waals surface area contributed by atoms with Crippen molar-refractivity contribution in [3.05, 3.63) is 48.2 Å². The van der Waals surface area contributed by atoms with Gasteiger partial charge in [-0.05, 0) is 43.7 Å². The summed E-state index contributed by atoms with van der Waals surface area (Å²) in [7, 11) is 0. The maximum atomic E-state index is 12.5. The lowest BCUT2D eigenvalue weighted by molar-refractivity contribution is -0.151. The van der Waals surface area contributed by atoms with E-state index in [0.717, 1.165) is 18.6 Å². The molecule has 1 heterocycles. The number of nitrogens with zero attached hydrogens (tertiary/aromatic N) is 1. The fourth-order valence-electron chi connectivity index (χ4n) is 2.20. The summed E-state index contributed by atoms with van der Waals surface area (Å²) < 4.78 is 53.6. The highest BCUT2D eigenvalue weighted by atomic mass is 19.4. The third kappa shape index (κ3) is 6.16. The van der Waals surface area contributed by atoms with Crippen LogP contribution in [0.4, 0.5) is 13.2 Å². The van der Waals surface area contributed by atoms with E-state index in [-0.39, 0.29) is 12.5 Å². The van der Waals surface area contributed by atoms with Gasteiger partial charge in [0.15, 0.2) is 6.10 Å². The number of aromatic nitrogens is 1. The first-order valence-electron chi connectivity index (χ1n) is 8.48. The van der Waals surface area contributed by atoms with Crippen LogP contribution in [-0.2, 0) is 15.7 Å². The highest BCUT2D eigenvalue weighted by Gasteiger charge is 2.30. The Bertz CT molecular complexity index is 730. The number of ether oxygens (including phenoxy) is 3. The van der Waals surface area contributed by atoms with Gasteiger partial charge in [-0.1, -0.05) is 13.3 Å². The second-order valence-electron chi connectivity index (χ2n) is 5.60. The Morgan fingerprint density at radius 2 is 1.74 bits per heavy atom. The summed E-state index contributed by atoms with van der Waals surface area (Å²) in [4.78, 5) is 15.5. The minimum absolute atomic E-state index is 0.0343. The average molecular weight is 383 g/mol. The number of carbonyl (C=O) groups excluding carboxylic acids is 1. The number of halogens is 3. The second-order valence-corrected chi connectivity index (χ2v) is 5.60. The SMILES string of the molecule is CCCC(Oc1ccc(Oc2ccc(C(F)(F)F)cn2)cc1)C(=O)OCC. The smallest absolute Gasteiger partial charge is 0.417 e. The largest absolute Gasteiger partial charge is 0.479 e. The number of esters is 1. The summed E-state index contributed by atoms with van der Waals surface area (Å²) in [6.07, 6.45) is -3.16. The molecule has 2 aromatic rings. The van der Waals surface area contributed by atoms with Crippen molar-refractivity contribution in [2.45, 2.75) is 39.0 Å². The van der Waals surface area contributed by atoms with Crippen LogP contribution in [0.3, 0.4) is 0 Å². The second kappa shape index (κ2) is 9.25. The molecule has 1 unspecified atom stereocenters. The van der Waals surface area contributed by atoms with Gasteiger partial charge in [0.1, 0.15) is 11.5 Å². The Kier molecular flexibility index (Phi) is 7.04. The van der Waals surface area contributed by atoms with Crippen LogP contribution < -0.4 is 9.47 Å². The molecule has 0 spiro atoms. The zero-order valence-corrected chi connectivity index (χ0v) is 15.0. The van der Waals surface area contributed by atoms with Gasteiger partial charge in [-0.3, -0.25) is 0 Å². The van der Waals surface area contributed by atoms with Crippen LogP contribution >= 0.6 is 0 Å². The topological polar surface area (TPSA) is 57.7 Å². The zero-order chi connectivity index (χ0) is 19.9. The molecule has 0 saturated heterocycles. The fraction of sp³-hybridized carbons (Fsp3) is 0.368. The van der Waals surface area contributed by atoms with Crippen molar-refractivity contribution in [2.24, 2.45) is 0 Å². The molecular formula is C19H20F3NO4. The molecular weight excluding hydrogens is 363 g/mol. The van der Waals surface area contributed by atoms with Gasteiger partial charge in [-0.25, -0.2) is 9.78 Å². The molecule has 1 atom stereocenters. The molecule has 5 nitrogen and oxygen atoms in total. The van der Waals surface area contributed by atoms with Crippen LogP contribution in [0.25, 0.3) is 0 Å². The first-order chi connectivity index (χ1) is 12.8. The van der Waals surface area contributed by atoms with Crippen LogP contribution in [0, 0.1) is 0 Å². The minimum Gasteiger partial charge on any atom is -0.479 e. The molecule has 1 aromatic carbocycles. The number of rotatable bonds is 8. The monoisotopic (exact) mass is 383 g/mol. The van der Waals surface area contributed by atoms with Gasteiger partial charge in [-0.2, -0.15) is 13.2 Å². The number of pyridine rings is 1. The number of hydrogen-bond acceptors (Lipinski definition) is 5. The standard InChI is InChI=1S/C19H20F3NO4/c1-3-5-16(18(24)25-4-2)26-14-7-9-15(10-8-14)27-17-11-6-13(12-23-17)19(20,21)22/h6-12,16H,3-5H2,1-2H3. The number of carbonyl (C=O) groups is 1. The molecule has 27 heavy (non-hydrogen) atoms. The Morgan fingerprint density at radius 3 is 2.26 bits per heavy atom. The van der Waals surface area contributed by atoms with Crippen molar-refractivity contribution in [3.8, 4) is 17.4 Å². The molecule has 0 fully saturated rings. The molecule has 146 valence electrons. The Balaban J connectivity index is 2.00. The number of hydrogen-bond donors (Lipinski definition) is 0. The van der Waals surface area contributed by atoms with Crippen molar-refractivity contribution < 1.29 is 32.2 Å². The Morgan fingerprint density at radius 1 is 1.07 bits per heavy atom. The number of alkyl halides is 3. The average Bonchev–Trinajstić information content (AvgIpc) is 2.63. The predicted molar refractivity (Wildman–Crippen MR) is 91.7 cm³/mol. The Hall–Kier alpha value is -2.77. The van der Waals surface area contributed by atoms with E-state index < -0.39 is 23.8 Å². The van der Waals surface area contributed by atoms with Gasteiger partial charge < -0.3 is 14.2 Å². The lowest BCUT2D eigenvalue weighted by Gasteiger charge is -2.17. The lowest BCUT2D eigenvalue weighted by Crippen LogP contribution is -2.29. The molecule has 0 aliphatic heterocycles. The normalized spacial score (nSPS) is 12.3. The zero-order valence-electron chi connectivity index (χ0n) is 15.0. The summed E-state index contributed by atoms with van der Waals surface area (Å²) in [5.41, 5.74) is -0.848. The van der Waals surface area contributed by atoms with Gasteiger partial charge >= 0.3 is 12.1 Å². The summed E-state index contributed by atoms with van der Waals surface area (Å²) in [5.74, 6) is 0.438. The fourth-order valence-corrected chi connectivity index (χ4v) is 2.20. The van der Waals surface area contributed by atoms with E-state index in [1.54, 1.807) is 31.2 Å². The van der Waals surface area contributed by atoms with Crippen LogP contribution in [-0.4, -0.2) is 23.7 Å². The van der Waals surface area contributed by atoms with Crippen molar-refractivity contribution in [3.63, 3.8) is 0 Å². The first kappa shape index (κ1) is 20.5. The molecule has 0 aliphatic rings. The maximum absolute atomic E-state index is 12.5. The van der Waals surface area contributed by atoms with Crippen LogP contribution in [0.5, 0.6) is 17.4 Å². The molecule has 8 heteroatoms. The van der Waals surface area contributed by atoms with Crippen molar-refractivity contribution >= 4 is 5.97 Å².